The predicted octanol–water partition coefficient (Wildman–Crippen LogP) is 3.77. The van der Waals surface area contributed by atoms with Crippen molar-refractivity contribution in [3.05, 3.63) is 63.6 Å². The van der Waals surface area contributed by atoms with E-state index >= 15 is 0 Å². The molecule has 2 aromatic carbocycles. The second-order valence-electron chi connectivity index (χ2n) is 6.63. The number of benzene rings is 2. The molecule has 144 valence electrons. The van der Waals surface area contributed by atoms with Crippen LogP contribution in [0, 0.1) is 6.92 Å². The van der Waals surface area contributed by atoms with Crippen LogP contribution in [0.1, 0.15) is 24.0 Å². The molecule has 0 unspecified atom stereocenters. The molecule has 0 heterocycles. The number of hydrogen-bond acceptors (Lipinski definition) is 3. The van der Waals surface area contributed by atoms with Gasteiger partial charge in [-0.25, -0.2) is 8.42 Å². The molecule has 8 heteroatoms. The van der Waals surface area contributed by atoms with Crippen molar-refractivity contribution in [3.8, 4) is 0 Å². The number of nitrogens with one attached hydrogen (secondary N) is 1. The summed E-state index contributed by atoms with van der Waals surface area (Å²) in [7, 11) is -3.90. The van der Waals surface area contributed by atoms with Crippen LogP contribution in [-0.4, -0.2) is 31.2 Å². The Kier molecular flexibility index (Phi) is 6.11. The molecule has 1 N–H and O–H groups in total. The van der Waals surface area contributed by atoms with Crippen LogP contribution in [-0.2, 0) is 21.4 Å². The minimum absolute atomic E-state index is 0.0905. The van der Waals surface area contributed by atoms with E-state index in [4.69, 9.17) is 23.2 Å². The van der Waals surface area contributed by atoms with Gasteiger partial charge in [0.2, 0.25) is 15.9 Å². The van der Waals surface area contributed by atoms with Gasteiger partial charge in [-0.1, -0.05) is 47.0 Å². The Labute approximate surface area is 169 Å². The minimum atomic E-state index is -3.90. The fourth-order valence-corrected chi connectivity index (χ4v) is 4.49. The van der Waals surface area contributed by atoms with Crippen molar-refractivity contribution in [2.75, 3.05) is 6.54 Å². The first-order valence-corrected chi connectivity index (χ1v) is 10.8. The van der Waals surface area contributed by atoms with Gasteiger partial charge in [-0.15, -0.1) is 0 Å². The average molecular weight is 427 g/mol. The summed E-state index contributed by atoms with van der Waals surface area (Å²) in [4.78, 5) is 12.4. The van der Waals surface area contributed by atoms with Crippen LogP contribution in [0.4, 0.5) is 0 Å². The van der Waals surface area contributed by atoms with Gasteiger partial charge in [0.25, 0.3) is 0 Å². The van der Waals surface area contributed by atoms with Gasteiger partial charge in [0, 0.05) is 28.2 Å². The van der Waals surface area contributed by atoms with Gasteiger partial charge in [0.1, 0.15) is 0 Å². The monoisotopic (exact) mass is 426 g/mol. The van der Waals surface area contributed by atoms with Crippen molar-refractivity contribution >= 4 is 39.1 Å². The van der Waals surface area contributed by atoms with E-state index in [2.05, 4.69) is 5.32 Å². The summed E-state index contributed by atoms with van der Waals surface area (Å²) in [6.45, 7) is 1.49. The maximum absolute atomic E-state index is 13.2. The molecular formula is C19H20Cl2N2O3S. The third kappa shape index (κ3) is 5.02. The van der Waals surface area contributed by atoms with E-state index in [9.17, 15) is 13.2 Å². The lowest BCUT2D eigenvalue weighted by atomic mass is 10.2. The molecule has 1 aliphatic rings. The highest BCUT2D eigenvalue weighted by atomic mass is 35.5. The number of sulfonamides is 1. The Bertz CT molecular complexity index is 922. The molecule has 0 saturated heterocycles. The largest absolute Gasteiger partial charge is 0.352 e. The van der Waals surface area contributed by atoms with Crippen LogP contribution < -0.4 is 5.32 Å². The van der Waals surface area contributed by atoms with E-state index in [1.165, 1.54) is 12.1 Å². The molecule has 0 radical (unpaired) electrons. The highest BCUT2D eigenvalue weighted by Gasteiger charge is 2.30. The number of amides is 1. The standard InChI is InChI=1S/C19H20Cl2N2O3S/c1-13-5-9-15(10-6-13)27(25,26)23(12-19(24)22-14-7-8-14)11-16-17(20)3-2-4-18(16)21/h2-6,9-10,14H,7-8,11-12H2,1H3,(H,22,24). The SMILES string of the molecule is Cc1ccc(S(=O)(=O)N(CC(=O)NC2CC2)Cc2c(Cl)cccc2Cl)cc1. The van der Waals surface area contributed by atoms with Gasteiger partial charge in [-0.3, -0.25) is 4.79 Å². The molecule has 0 aliphatic heterocycles. The maximum Gasteiger partial charge on any atom is 0.243 e. The fraction of sp³-hybridized carbons (Fsp3) is 0.316. The molecule has 3 rings (SSSR count). The van der Waals surface area contributed by atoms with Gasteiger partial charge < -0.3 is 5.32 Å². The number of hydrogen-bond donors (Lipinski definition) is 1. The maximum atomic E-state index is 13.2. The zero-order chi connectivity index (χ0) is 19.6. The summed E-state index contributed by atoms with van der Waals surface area (Å²) < 4.78 is 27.4. The summed E-state index contributed by atoms with van der Waals surface area (Å²) in [5.41, 5.74) is 1.41. The van der Waals surface area contributed by atoms with Gasteiger partial charge in [0.15, 0.2) is 0 Å². The molecule has 5 nitrogen and oxygen atoms in total. The topological polar surface area (TPSA) is 66.5 Å². The number of rotatable bonds is 7. The first kappa shape index (κ1) is 20.1. The third-order valence-electron chi connectivity index (χ3n) is 4.32. The minimum Gasteiger partial charge on any atom is -0.352 e. The van der Waals surface area contributed by atoms with Crippen LogP contribution >= 0.6 is 23.2 Å². The van der Waals surface area contributed by atoms with Crippen molar-refractivity contribution in [2.24, 2.45) is 0 Å². The summed E-state index contributed by atoms with van der Waals surface area (Å²) in [6, 6.07) is 11.6. The van der Waals surface area contributed by atoms with Crippen LogP contribution in [0.3, 0.4) is 0 Å². The molecule has 0 aromatic heterocycles. The second-order valence-corrected chi connectivity index (χ2v) is 9.38. The summed E-state index contributed by atoms with van der Waals surface area (Å²) in [6.07, 6.45) is 1.85. The Hall–Kier alpha value is -1.60. The Morgan fingerprint density at radius 2 is 1.70 bits per heavy atom. The predicted molar refractivity (Wildman–Crippen MR) is 106 cm³/mol. The van der Waals surface area contributed by atoms with Crippen molar-refractivity contribution in [3.63, 3.8) is 0 Å². The van der Waals surface area contributed by atoms with E-state index in [-0.39, 0.29) is 29.9 Å². The summed E-state index contributed by atoms with van der Waals surface area (Å²) in [5, 5.41) is 3.53. The highest BCUT2D eigenvalue weighted by molar-refractivity contribution is 7.89. The molecule has 0 spiro atoms. The number of carbonyl (C=O) groups is 1. The smallest absolute Gasteiger partial charge is 0.243 e. The van der Waals surface area contributed by atoms with E-state index in [0.717, 1.165) is 22.7 Å². The Morgan fingerprint density at radius 1 is 1.11 bits per heavy atom. The third-order valence-corrected chi connectivity index (χ3v) is 6.83. The van der Waals surface area contributed by atoms with Gasteiger partial charge in [0.05, 0.1) is 11.4 Å². The lowest BCUT2D eigenvalue weighted by molar-refractivity contribution is -0.121. The van der Waals surface area contributed by atoms with Gasteiger partial charge >= 0.3 is 0 Å². The Balaban J connectivity index is 1.93. The molecule has 1 saturated carbocycles. The molecule has 27 heavy (non-hydrogen) atoms. The number of nitrogens with zero attached hydrogens (tertiary/aromatic N) is 1. The molecule has 1 aliphatic carbocycles. The molecule has 1 fully saturated rings. The lowest BCUT2D eigenvalue weighted by Crippen LogP contribution is -2.41. The first-order valence-electron chi connectivity index (χ1n) is 8.56. The molecular weight excluding hydrogens is 407 g/mol. The Morgan fingerprint density at radius 3 is 2.26 bits per heavy atom. The van der Waals surface area contributed by atoms with E-state index in [1.807, 2.05) is 6.92 Å². The van der Waals surface area contributed by atoms with Crippen LogP contribution in [0.2, 0.25) is 10.0 Å². The van der Waals surface area contributed by atoms with Crippen molar-refractivity contribution in [1.29, 1.82) is 0 Å². The van der Waals surface area contributed by atoms with E-state index in [1.54, 1.807) is 30.3 Å². The molecule has 0 bridgehead atoms. The molecule has 0 atom stereocenters. The zero-order valence-corrected chi connectivity index (χ0v) is 17.1. The highest BCUT2D eigenvalue weighted by Crippen LogP contribution is 2.28. The van der Waals surface area contributed by atoms with Crippen molar-refractivity contribution in [2.45, 2.75) is 37.2 Å². The number of halogens is 2. The van der Waals surface area contributed by atoms with Crippen molar-refractivity contribution in [1.82, 2.24) is 9.62 Å². The summed E-state index contributed by atoms with van der Waals surface area (Å²) >= 11 is 12.4. The molecule has 2 aromatic rings. The van der Waals surface area contributed by atoms with E-state index < -0.39 is 10.0 Å². The van der Waals surface area contributed by atoms with Crippen LogP contribution in [0.5, 0.6) is 0 Å². The quantitative estimate of drug-likeness (QED) is 0.732. The second kappa shape index (κ2) is 8.19. The van der Waals surface area contributed by atoms with E-state index in [0.29, 0.717) is 15.6 Å². The zero-order valence-electron chi connectivity index (χ0n) is 14.8. The van der Waals surface area contributed by atoms with Gasteiger partial charge in [-0.2, -0.15) is 4.31 Å². The van der Waals surface area contributed by atoms with Gasteiger partial charge in [-0.05, 0) is 44.0 Å². The summed E-state index contributed by atoms with van der Waals surface area (Å²) in [5.74, 6) is -0.337. The number of aryl methyl sites for hydroxylation is 1. The van der Waals surface area contributed by atoms with Crippen molar-refractivity contribution < 1.29 is 13.2 Å². The fourth-order valence-electron chi connectivity index (χ4n) is 2.61. The van der Waals surface area contributed by atoms with Crippen LogP contribution in [0.25, 0.3) is 0 Å². The lowest BCUT2D eigenvalue weighted by Gasteiger charge is -2.23. The average Bonchev–Trinajstić information content (AvgIpc) is 3.41. The molecule has 1 amide bonds. The normalized spacial score (nSPS) is 14.4. The number of carbonyl (C=O) groups excluding carboxylic acids is 1. The van der Waals surface area contributed by atoms with Crippen LogP contribution in [0.15, 0.2) is 47.4 Å². The first-order chi connectivity index (χ1) is 12.8.